The number of hydrogen-bond acceptors (Lipinski definition) is 3. The van der Waals surface area contributed by atoms with E-state index in [0.717, 1.165) is 16.8 Å². The van der Waals surface area contributed by atoms with Crippen LogP contribution in [-0.4, -0.2) is 28.1 Å². The minimum absolute atomic E-state index is 0.0900. The van der Waals surface area contributed by atoms with E-state index >= 15 is 0 Å². The number of benzene rings is 3. The van der Waals surface area contributed by atoms with Gasteiger partial charge in [0.15, 0.2) is 4.87 Å². The van der Waals surface area contributed by atoms with Crippen LogP contribution in [0.4, 0.5) is 20.6 Å². The normalized spacial score (nSPS) is 20.9. The Bertz CT molecular complexity index is 1230. The number of urea groups is 1. The predicted molar refractivity (Wildman–Crippen MR) is 130 cm³/mol. The summed E-state index contributed by atoms with van der Waals surface area (Å²) in [6.45, 7) is 4.79. The molecule has 0 aliphatic carbocycles. The maximum absolute atomic E-state index is 14.3. The number of thioether (sulfide) groups is 1. The number of anilines is 2. The number of carbonyl (C=O) groups excluding carboxylic acids is 2. The lowest BCUT2D eigenvalue weighted by molar-refractivity contribution is -0.123. The van der Waals surface area contributed by atoms with Crippen molar-refractivity contribution in [2.24, 2.45) is 0 Å². The van der Waals surface area contributed by atoms with Crippen LogP contribution in [0.1, 0.15) is 25.0 Å². The molecule has 1 atom stereocenters. The number of rotatable bonds is 3. The standard InChI is InChI=1S/C26H24FN3O2S/c1-25(2)17-30(24(32)28-21-14-8-7-13-20(21)27)26(33-25)19-12-6-9-15-22(19)29(23(26)31)16-18-10-4-3-5-11-18/h3-15H,16-17H2,1-2H3,(H,28,32). The van der Waals surface area contributed by atoms with Gasteiger partial charge < -0.3 is 10.2 Å². The number of amides is 3. The van der Waals surface area contributed by atoms with Crippen molar-refractivity contribution in [3.8, 4) is 0 Å². The van der Waals surface area contributed by atoms with E-state index in [-0.39, 0.29) is 16.3 Å². The summed E-state index contributed by atoms with van der Waals surface area (Å²) in [4.78, 5) is 29.7. The molecular formula is C26H24FN3O2S. The molecule has 5 nitrogen and oxygen atoms in total. The largest absolute Gasteiger partial charge is 0.323 e. The zero-order valence-corrected chi connectivity index (χ0v) is 19.2. The van der Waals surface area contributed by atoms with E-state index in [9.17, 15) is 14.0 Å². The van der Waals surface area contributed by atoms with Crippen LogP contribution in [0.25, 0.3) is 0 Å². The highest BCUT2D eigenvalue weighted by Gasteiger charge is 2.63. The molecule has 168 valence electrons. The van der Waals surface area contributed by atoms with E-state index in [0.29, 0.717) is 13.1 Å². The molecule has 5 rings (SSSR count). The third-order valence-corrected chi connectivity index (χ3v) is 7.57. The van der Waals surface area contributed by atoms with E-state index in [4.69, 9.17) is 0 Å². The molecule has 3 amide bonds. The van der Waals surface area contributed by atoms with Crippen LogP contribution in [-0.2, 0) is 16.2 Å². The maximum Gasteiger partial charge on any atom is 0.323 e. The van der Waals surface area contributed by atoms with Crippen LogP contribution in [0.2, 0.25) is 0 Å². The highest BCUT2D eigenvalue weighted by molar-refractivity contribution is 8.02. The predicted octanol–water partition coefficient (Wildman–Crippen LogP) is 5.58. The third kappa shape index (κ3) is 3.56. The second-order valence-corrected chi connectivity index (χ2v) is 10.8. The molecule has 2 heterocycles. The van der Waals surface area contributed by atoms with E-state index in [1.165, 1.54) is 23.9 Å². The van der Waals surface area contributed by atoms with E-state index in [1.807, 2.05) is 68.4 Å². The van der Waals surface area contributed by atoms with Crippen molar-refractivity contribution in [2.75, 3.05) is 16.8 Å². The summed E-state index contributed by atoms with van der Waals surface area (Å²) in [5.74, 6) is -0.679. The van der Waals surface area contributed by atoms with Crippen LogP contribution in [0, 0.1) is 5.82 Å². The second kappa shape index (κ2) is 7.92. The monoisotopic (exact) mass is 461 g/mol. The van der Waals surface area contributed by atoms with Gasteiger partial charge in [-0.25, -0.2) is 9.18 Å². The molecule has 2 aliphatic heterocycles. The van der Waals surface area contributed by atoms with Gasteiger partial charge in [-0.15, -0.1) is 11.8 Å². The Morgan fingerprint density at radius 2 is 1.67 bits per heavy atom. The highest BCUT2D eigenvalue weighted by Crippen LogP contribution is 2.59. The first-order valence-electron chi connectivity index (χ1n) is 10.8. The first-order valence-corrected chi connectivity index (χ1v) is 11.6. The van der Waals surface area contributed by atoms with Crippen LogP contribution in [0.3, 0.4) is 0 Å². The summed E-state index contributed by atoms with van der Waals surface area (Å²) in [5.41, 5.74) is 2.67. The molecule has 3 aromatic carbocycles. The molecule has 1 N–H and O–H groups in total. The smallest absolute Gasteiger partial charge is 0.305 e. The molecule has 1 unspecified atom stereocenters. The number of fused-ring (bicyclic) bond motifs is 2. The quantitative estimate of drug-likeness (QED) is 0.554. The Kier molecular flexibility index (Phi) is 5.16. The molecule has 3 aromatic rings. The summed E-state index contributed by atoms with van der Waals surface area (Å²) >= 11 is 1.47. The number of carbonyl (C=O) groups is 2. The molecular weight excluding hydrogens is 437 g/mol. The fourth-order valence-electron chi connectivity index (χ4n) is 4.62. The molecule has 33 heavy (non-hydrogen) atoms. The van der Waals surface area contributed by atoms with Gasteiger partial charge in [0.1, 0.15) is 5.82 Å². The molecule has 0 bridgehead atoms. The first kappa shape index (κ1) is 21.5. The number of para-hydroxylation sites is 2. The summed E-state index contributed by atoms with van der Waals surface area (Å²) in [5, 5.41) is 2.68. The van der Waals surface area contributed by atoms with Crippen molar-refractivity contribution in [2.45, 2.75) is 30.0 Å². The lowest BCUT2D eigenvalue weighted by atomic mass is 10.1. The third-order valence-electron chi connectivity index (χ3n) is 5.98. The fourth-order valence-corrected chi connectivity index (χ4v) is 6.36. The second-order valence-electron chi connectivity index (χ2n) is 8.90. The Morgan fingerprint density at radius 1 is 1.00 bits per heavy atom. The van der Waals surface area contributed by atoms with E-state index < -0.39 is 16.7 Å². The molecule has 2 aliphatic rings. The van der Waals surface area contributed by atoms with Crippen LogP contribution >= 0.6 is 11.8 Å². The molecule has 1 fully saturated rings. The van der Waals surface area contributed by atoms with Gasteiger partial charge in [-0.05, 0) is 37.6 Å². The highest BCUT2D eigenvalue weighted by atomic mass is 32.2. The SMILES string of the molecule is CC1(C)CN(C(=O)Nc2ccccc2F)C2(S1)C(=O)N(Cc1ccccc1)c1ccccc12. The van der Waals surface area contributed by atoms with Gasteiger partial charge in [-0.1, -0.05) is 60.7 Å². The van der Waals surface area contributed by atoms with Crippen LogP contribution < -0.4 is 10.2 Å². The topological polar surface area (TPSA) is 52.7 Å². The molecule has 0 saturated carbocycles. The number of halogens is 1. The fraction of sp³-hybridized carbons (Fsp3) is 0.231. The average Bonchev–Trinajstić information content (AvgIpc) is 3.22. The van der Waals surface area contributed by atoms with Gasteiger partial charge >= 0.3 is 6.03 Å². The Balaban J connectivity index is 1.57. The summed E-state index contributed by atoms with van der Waals surface area (Å²) in [6.07, 6.45) is 0. The number of hydrogen-bond donors (Lipinski definition) is 1. The zero-order valence-electron chi connectivity index (χ0n) is 18.4. The zero-order chi connectivity index (χ0) is 23.2. The summed E-state index contributed by atoms with van der Waals surface area (Å²) in [6, 6.07) is 23.0. The summed E-state index contributed by atoms with van der Waals surface area (Å²) in [7, 11) is 0. The summed E-state index contributed by atoms with van der Waals surface area (Å²) < 4.78 is 13.9. The van der Waals surface area contributed by atoms with E-state index in [1.54, 1.807) is 21.9 Å². The van der Waals surface area contributed by atoms with Crippen LogP contribution in [0.15, 0.2) is 78.9 Å². The minimum Gasteiger partial charge on any atom is -0.305 e. The molecule has 1 spiro atoms. The number of nitrogens with one attached hydrogen (secondary N) is 1. The van der Waals surface area contributed by atoms with Gasteiger partial charge in [0, 0.05) is 16.9 Å². The van der Waals surface area contributed by atoms with Crippen molar-refractivity contribution in [3.05, 3.63) is 95.8 Å². The lowest BCUT2D eigenvalue weighted by Crippen LogP contribution is -2.51. The first-order chi connectivity index (χ1) is 15.8. The maximum atomic E-state index is 14.3. The van der Waals surface area contributed by atoms with Crippen molar-refractivity contribution >= 4 is 35.1 Å². The van der Waals surface area contributed by atoms with Crippen LogP contribution in [0.5, 0.6) is 0 Å². The van der Waals surface area contributed by atoms with Gasteiger partial charge in [0.05, 0.1) is 17.9 Å². The molecule has 1 saturated heterocycles. The van der Waals surface area contributed by atoms with Crippen molar-refractivity contribution in [1.29, 1.82) is 0 Å². The minimum atomic E-state index is -1.22. The van der Waals surface area contributed by atoms with E-state index in [2.05, 4.69) is 5.32 Å². The Hall–Kier alpha value is -3.32. The Morgan fingerprint density at radius 3 is 2.42 bits per heavy atom. The molecule has 0 radical (unpaired) electrons. The van der Waals surface area contributed by atoms with Crippen molar-refractivity contribution in [1.82, 2.24) is 4.90 Å². The van der Waals surface area contributed by atoms with Gasteiger partial charge in [0.2, 0.25) is 0 Å². The molecule has 7 heteroatoms. The van der Waals surface area contributed by atoms with Gasteiger partial charge in [-0.3, -0.25) is 9.69 Å². The Labute approximate surface area is 196 Å². The van der Waals surface area contributed by atoms with Gasteiger partial charge in [-0.2, -0.15) is 0 Å². The van der Waals surface area contributed by atoms with Crippen molar-refractivity contribution in [3.63, 3.8) is 0 Å². The van der Waals surface area contributed by atoms with Crippen molar-refractivity contribution < 1.29 is 14.0 Å². The number of nitrogens with zero attached hydrogens (tertiary/aromatic N) is 2. The lowest BCUT2D eigenvalue weighted by Gasteiger charge is -2.33. The van der Waals surface area contributed by atoms with Gasteiger partial charge in [0.25, 0.3) is 5.91 Å². The molecule has 0 aromatic heterocycles. The average molecular weight is 462 g/mol.